The lowest BCUT2D eigenvalue weighted by molar-refractivity contribution is 0.0460. The van der Waals surface area contributed by atoms with Crippen molar-refractivity contribution in [3.63, 3.8) is 0 Å². The second kappa shape index (κ2) is 7.28. The Morgan fingerprint density at radius 1 is 1.12 bits per heavy atom. The van der Waals surface area contributed by atoms with Crippen LogP contribution in [0.2, 0.25) is 5.02 Å². The summed E-state index contributed by atoms with van der Waals surface area (Å²) in [5, 5.41) is 22.4. The summed E-state index contributed by atoms with van der Waals surface area (Å²) in [4.78, 5) is 2.26. The SMILES string of the molecule is OC1CCN(C[C@H](O)Cn2c3c(c4cccc(Cl)c42)CCCC3)CC1. The van der Waals surface area contributed by atoms with Crippen molar-refractivity contribution in [2.45, 2.75) is 57.3 Å². The van der Waals surface area contributed by atoms with E-state index < -0.39 is 6.10 Å². The van der Waals surface area contributed by atoms with Gasteiger partial charge in [0, 0.05) is 30.7 Å². The molecule has 0 spiro atoms. The van der Waals surface area contributed by atoms with Crippen LogP contribution in [-0.4, -0.2) is 51.5 Å². The topological polar surface area (TPSA) is 48.6 Å². The number of fused-ring (bicyclic) bond motifs is 3. The van der Waals surface area contributed by atoms with Crippen LogP contribution in [0, 0.1) is 0 Å². The van der Waals surface area contributed by atoms with Crippen molar-refractivity contribution in [1.29, 1.82) is 0 Å². The Balaban J connectivity index is 1.58. The van der Waals surface area contributed by atoms with Crippen molar-refractivity contribution in [2.75, 3.05) is 19.6 Å². The molecule has 1 aromatic carbocycles. The zero-order valence-electron chi connectivity index (χ0n) is 14.6. The van der Waals surface area contributed by atoms with Crippen LogP contribution in [0.15, 0.2) is 18.2 Å². The number of piperidine rings is 1. The van der Waals surface area contributed by atoms with Gasteiger partial charge in [0.2, 0.25) is 0 Å². The molecule has 25 heavy (non-hydrogen) atoms. The Kier molecular flexibility index (Phi) is 5.05. The standard InChI is InChI=1S/C20H27ClN2O2/c21-18-6-3-5-17-16-4-1-2-7-19(16)23(20(17)18)13-15(25)12-22-10-8-14(24)9-11-22/h3,5-6,14-15,24-25H,1-2,4,7-13H2/t15-/m0/s1. The number of aromatic nitrogens is 1. The van der Waals surface area contributed by atoms with E-state index in [1.807, 2.05) is 12.1 Å². The number of aryl methyl sites for hydroxylation is 1. The molecule has 2 aliphatic rings. The lowest BCUT2D eigenvalue weighted by atomic mass is 9.95. The van der Waals surface area contributed by atoms with E-state index in [-0.39, 0.29) is 6.10 Å². The first-order valence-electron chi connectivity index (χ1n) is 9.50. The highest BCUT2D eigenvalue weighted by Gasteiger charge is 2.24. The number of halogens is 1. The Bertz CT molecular complexity index is 750. The Hall–Kier alpha value is -1.07. The third kappa shape index (κ3) is 3.45. The number of hydrogen-bond acceptors (Lipinski definition) is 3. The monoisotopic (exact) mass is 362 g/mol. The molecule has 4 rings (SSSR count). The van der Waals surface area contributed by atoms with Crippen LogP contribution in [-0.2, 0) is 19.4 Å². The number of hydrogen-bond donors (Lipinski definition) is 2. The van der Waals surface area contributed by atoms with E-state index in [2.05, 4.69) is 15.5 Å². The molecule has 1 atom stereocenters. The van der Waals surface area contributed by atoms with Gasteiger partial charge >= 0.3 is 0 Å². The summed E-state index contributed by atoms with van der Waals surface area (Å²) in [7, 11) is 0. The van der Waals surface area contributed by atoms with Crippen molar-refractivity contribution >= 4 is 22.5 Å². The van der Waals surface area contributed by atoms with Gasteiger partial charge in [-0.05, 0) is 50.2 Å². The maximum Gasteiger partial charge on any atom is 0.0845 e. The van der Waals surface area contributed by atoms with E-state index in [0.717, 1.165) is 49.3 Å². The van der Waals surface area contributed by atoms with Crippen molar-refractivity contribution < 1.29 is 10.2 Å². The first kappa shape index (κ1) is 17.3. The highest BCUT2D eigenvalue weighted by atomic mass is 35.5. The van der Waals surface area contributed by atoms with Gasteiger partial charge in [-0.3, -0.25) is 0 Å². The number of β-amino-alcohol motifs (C(OH)–C–C–N with tert-alkyl or cyclic N) is 1. The molecule has 0 amide bonds. The van der Waals surface area contributed by atoms with E-state index in [4.69, 9.17) is 11.6 Å². The van der Waals surface area contributed by atoms with Crippen LogP contribution in [0.3, 0.4) is 0 Å². The molecule has 4 nitrogen and oxygen atoms in total. The van der Waals surface area contributed by atoms with E-state index in [1.165, 1.54) is 29.5 Å². The number of likely N-dealkylation sites (tertiary alicyclic amines) is 1. The van der Waals surface area contributed by atoms with Crippen molar-refractivity contribution in [3.8, 4) is 0 Å². The van der Waals surface area contributed by atoms with Crippen LogP contribution >= 0.6 is 11.6 Å². The zero-order chi connectivity index (χ0) is 17.4. The average Bonchev–Trinajstić information content (AvgIpc) is 2.93. The fourth-order valence-electron chi connectivity index (χ4n) is 4.52. The molecule has 2 aromatic rings. The molecule has 1 aromatic heterocycles. The van der Waals surface area contributed by atoms with Gasteiger partial charge < -0.3 is 19.7 Å². The van der Waals surface area contributed by atoms with Gasteiger partial charge in [0.05, 0.1) is 29.3 Å². The average molecular weight is 363 g/mol. The summed E-state index contributed by atoms with van der Waals surface area (Å²) in [6, 6.07) is 6.14. The van der Waals surface area contributed by atoms with Gasteiger partial charge in [-0.2, -0.15) is 0 Å². The van der Waals surface area contributed by atoms with Crippen molar-refractivity contribution in [1.82, 2.24) is 9.47 Å². The van der Waals surface area contributed by atoms with Gasteiger partial charge in [0.25, 0.3) is 0 Å². The molecule has 0 saturated carbocycles. The molecule has 1 saturated heterocycles. The highest BCUT2D eigenvalue weighted by Crippen LogP contribution is 2.35. The largest absolute Gasteiger partial charge is 0.393 e. The number of benzene rings is 1. The normalized spacial score (nSPS) is 20.8. The lowest BCUT2D eigenvalue weighted by Gasteiger charge is -2.31. The van der Waals surface area contributed by atoms with E-state index in [1.54, 1.807) is 0 Å². The molecule has 2 N–H and O–H groups in total. The molecule has 0 unspecified atom stereocenters. The maximum absolute atomic E-state index is 10.7. The molecule has 0 bridgehead atoms. The number of para-hydroxylation sites is 1. The van der Waals surface area contributed by atoms with Crippen LogP contribution in [0.4, 0.5) is 0 Å². The second-order valence-corrected chi connectivity index (χ2v) is 7.97. The fourth-order valence-corrected chi connectivity index (χ4v) is 4.79. The van der Waals surface area contributed by atoms with Crippen LogP contribution in [0.5, 0.6) is 0 Å². The van der Waals surface area contributed by atoms with Crippen LogP contribution in [0.25, 0.3) is 10.9 Å². The van der Waals surface area contributed by atoms with E-state index >= 15 is 0 Å². The summed E-state index contributed by atoms with van der Waals surface area (Å²) in [5.74, 6) is 0. The third-order valence-corrected chi connectivity index (χ3v) is 6.07. The first-order valence-corrected chi connectivity index (χ1v) is 9.88. The molecule has 1 aliphatic carbocycles. The van der Waals surface area contributed by atoms with E-state index in [9.17, 15) is 10.2 Å². The quantitative estimate of drug-likeness (QED) is 0.879. The summed E-state index contributed by atoms with van der Waals surface area (Å²) in [6.45, 7) is 2.98. The summed E-state index contributed by atoms with van der Waals surface area (Å²) in [6.07, 6.45) is 5.64. The number of aliphatic hydroxyl groups is 2. The Labute approximate surface area is 154 Å². The molecule has 136 valence electrons. The first-order chi connectivity index (χ1) is 12.1. The van der Waals surface area contributed by atoms with Gasteiger partial charge in [-0.15, -0.1) is 0 Å². The Morgan fingerprint density at radius 3 is 2.68 bits per heavy atom. The van der Waals surface area contributed by atoms with Crippen LogP contribution in [0.1, 0.15) is 36.9 Å². The molecular formula is C20H27ClN2O2. The Morgan fingerprint density at radius 2 is 1.88 bits per heavy atom. The number of rotatable bonds is 4. The minimum Gasteiger partial charge on any atom is -0.393 e. The molecule has 1 fully saturated rings. The van der Waals surface area contributed by atoms with Gasteiger partial charge in [-0.25, -0.2) is 0 Å². The van der Waals surface area contributed by atoms with Gasteiger partial charge in [0.1, 0.15) is 0 Å². The second-order valence-electron chi connectivity index (χ2n) is 7.56. The number of nitrogens with zero attached hydrogens (tertiary/aromatic N) is 2. The molecule has 5 heteroatoms. The zero-order valence-corrected chi connectivity index (χ0v) is 15.4. The summed E-state index contributed by atoms with van der Waals surface area (Å²) in [5.41, 5.74) is 3.88. The summed E-state index contributed by atoms with van der Waals surface area (Å²) >= 11 is 6.53. The predicted molar refractivity (Wildman–Crippen MR) is 101 cm³/mol. The van der Waals surface area contributed by atoms with Crippen molar-refractivity contribution in [2.24, 2.45) is 0 Å². The maximum atomic E-state index is 10.7. The van der Waals surface area contributed by atoms with Crippen LogP contribution < -0.4 is 0 Å². The van der Waals surface area contributed by atoms with Crippen molar-refractivity contribution in [3.05, 3.63) is 34.5 Å². The smallest absolute Gasteiger partial charge is 0.0845 e. The fraction of sp³-hybridized carbons (Fsp3) is 0.600. The predicted octanol–water partition coefficient (Wildman–Crippen LogP) is 2.99. The lowest BCUT2D eigenvalue weighted by Crippen LogP contribution is -2.41. The molecular weight excluding hydrogens is 336 g/mol. The minimum absolute atomic E-state index is 0.174. The summed E-state index contributed by atoms with van der Waals surface area (Å²) < 4.78 is 2.27. The highest BCUT2D eigenvalue weighted by molar-refractivity contribution is 6.35. The molecule has 2 heterocycles. The van der Waals surface area contributed by atoms with Gasteiger partial charge in [-0.1, -0.05) is 23.7 Å². The molecule has 0 radical (unpaired) electrons. The van der Waals surface area contributed by atoms with Gasteiger partial charge in [0.15, 0.2) is 0 Å². The number of aliphatic hydroxyl groups excluding tert-OH is 2. The minimum atomic E-state index is -0.423. The van der Waals surface area contributed by atoms with E-state index in [0.29, 0.717) is 13.1 Å². The molecule has 1 aliphatic heterocycles. The third-order valence-electron chi connectivity index (χ3n) is 5.77.